The van der Waals surface area contributed by atoms with Crippen LogP contribution in [0.1, 0.15) is 5.56 Å². The monoisotopic (exact) mass is 516 g/mol. The lowest BCUT2D eigenvalue weighted by atomic mass is 10.0. The molecular formula is C23H19BrF2N4O3. The van der Waals surface area contributed by atoms with E-state index in [1.54, 1.807) is 24.3 Å². The second kappa shape index (κ2) is 9.07. The molecule has 7 nitrogen and oxygen atoms in total. The first-order valence-corrected chi connectivity index (χ1v) is 10.6. The summed E-state index contributed by atoms with van der Waals surface area (Å²) in [5.41, 5.74) is 7.40. The van der Waals surface area contributed by atoms with Gasteiger partial charge in [-0.1, -0.05) is 6.07 Å². The molecule has 0 aliphatic carbocycles. The maximum absolute atomic E-state index is 14.6. The number of nitrogens with zero attached hydrogens (tertiary/aromatic N) is 2. The zero-order chi connectivity index (χ0) is 23.7. The lowest BCUT2D eigenvalue weighted by Crippen LogP contribution is -2.20. The molecule has 0 aliphatic rings. The van der Waals surface area contributed by atoms with E-state index in [1.807, 2.05) is 6.92 Å². The maximum atomic E-state index is 14.6. The molecule has 0 radical (unpaired) electrons. The van der Waals surface area contributed by atoms with E-state index in [1.165, 1.54) is 35.9 Å². The van der Waals surface area contributed by atoms with Crippen LogP contribution in [0.25, 0.3) is 16.9 Å². The molecule has 4 rings (SSSR count). The number of imidazole rings is 1. The Morgan fingerprint density at radius 1 is 1.24 bits per heavy atom. The molecule has 0 spiro atoms. The van der Waals surface area contributed by atoms with Crippen molar-refractivity contribution in [3.05, 3.63) is 70.3 Å². The summed E-state index contributed by atoms with van der Waals surface area (Å²) >= 11 is 3.34. The number of rotatable bonds is 7. The molecule has 0 saturated carbocycles. The number of ether oxygens (including phenoxy) is 2. The predicted molar refractivity (Wildman–Crippen MR) is 124 cm³/mol. The summed E-state index contributed by atoms with van der Waals surface area (Å²) in [6.45, 7) is 1.44. The minimum Gasteiger partial charge on any atom is -0.497 e. The van der Waals surface area contributed by atoms with Crippen LogP contribution in [-0.2, 0) is 4.79 Å². The van der Waals surface area contributed by atoms with E-state index in [4.69, 9.17) is 15.2 Å². The number of nitrogens with one attached hydrogen (secondary N) is 1. The molecule has 2 heterocycles. The molecule has 0 fully saturated rings. The number of hydrogen-bond donors (Lipinski definition) is 2. The van der Waals surface area contributed by atoms with Crippen LogP contribution in [0.5, 0.6) is 11.5 Å². The Kier molecular flexibility index (Phi) is 6.19. The van der Waals surface area contributed by atoms with E-state index in [9.17, 15) is 13.6 Å². The number of carbonyl (C=O) groups is 1. The van der Waals surface area contributed by atoms with Crippen LogP contribution in [0.15, 0.2) is 53.1 Å². The quantitative estimate of drug-likeness (QED) is 0.362. The first kappa shape index (κ1) is 22.5. The first-order chi connectivity index (χ1) is 15.8. The summed E-state index contributed by atoms with van der Waals surface area (Å²) in [7, 11) is 1.50. The Labute approximate surface area is 196 Å². The molecule has 1 amide bonds. The van der Waals surface area contributed by atoms with Crippen LogP contribution in [0.4, 0.5) is 20.3 Å². The molecule has 0 atom stereocenters. The molecule has 4 aromatic rings. The number of anilines is 2. The molecule has 10 heteroatoms. The third-order valence-corrected chi connectivity index (χ3v) is 5.56. The number of aromatic nitrogens is 2. The van der Waals surface area contributed by atoms with E-state index < -0.39 is 17.5 Å². The fraction of sp³-hybridized carbons (Fsp3) is 0.130. The van der Waals surface area contributed by atoms with Crippen molar-refractivity contribution in [2.45, 2.75) is 6.92 Å². The van der Waals surface area contributed by atoms with Crippen molar-refractivity contribution in [1.82, 2.24) is 9.38 Å². The molecule has 0 saturated heterocycles. The van der Waals surface area contributed by atoms with Crippen molar-refractivity contribution >= 4 is 39.0 Å². The lowest BCUT2D eigenvalue weighted by molar-refractivity contribution is -0.119. The summed E-state index contributed by atoms with van der Waals surface area (Å²) in [5, 5.41) is 3.04. The Morgan fingerprint density at radius 2 is 2.03 bits per heavy atom. The lowest BCUT2D eigenvalue weighted by Gasteiger charge is -2.16. The second-order valence-corrected chi connectivity index (χ2v) is 8.03. The van der Waals surface area contributed by atoms with E-state index in [0.717, 1.165) is 0 Å². The summed E-state index contributed by atoms with van der Waals surface area (Å²) in [6.07, 6.45) is 1.24. The van der Waals surface area contributed by atoms with Gasteiger partial charge in [0, 0.05) is 22.3 Å². The minimum atomic E-state index is -0.660. The summed E-state index contributed by atoms with van der Waals surface area (Å²) in [6, 6.07) is 10.7. The largest absolute Gasteiger partial charge is 0.497 e. The van der Waals surface area contributed by atoms with Gasteiger partial charge >= 0.3 is 0 Å². The zero-order valence-corrected chi connectivity index (χ0v) is 19.2. The average molecular weight is 517 g/mol. The fourth-order valence-corrected chi connectivity index (χ4v) is 3.90. The number of methoxy groups -OCH3 is 1. The van der Waals surface area contributed by atoms with E-state index >= 15 is 0 Å². The number of hydrogen-bond acceptors (Lipinski definition) is 5. The number of aryl methyl sites for hydroxylation is 1. The van der Waals surface area contributed by atoms with E-state index in [0.29, 0.717) is 38.5 Å². The summed E-state index contributed by atoms with van der Waals surface area (Å²) in [5.74, 6) is -0.598. The van der Waals surface area contributed by atoms with Crippen molar-refractivity contribution in [1.29, 1.82) is 0 Å². The van der Waals surface area contributed by atoms with Crippen LogP contribution in [0.3, 0.4) is 0 Å². The molecule has 0 aliphatic heterocycles. The Bertz CT molecular complexity index is 1350. The van der Waals surface area contributed by atoms with Crippen molar-refractivity contribution in [2.75, 3.05) is 19.0 Å². The molecular weight excluding hydrogens is 498 g/mol. The van der Waals surface area contributed by atoms with Crippen LogP contribution in [0, 0.1) is 18.6 Å². The maximum Gasteiger partial charge on any atom is 0.255 e. The normalized spacial score (nSPS) is 10.9. The fourth-order valence-electron chi connectivity index (χ4n) is 3.46. The van der Waals surface area contributed by atoms with Gasteiger partial charge < -0.3 is 20.5 Å². The van der Waals surface area contributed by atoms with Gasteiger partial charge in [-0.05, 0) is 58.7 Å². The number of nitrogens with two attached hydrogens (primary N) is 1. The summed E-state index contributed by atoms with van der Waals surface area (Å²) < 4.78 is 41.7. The molecule has 170 valence electrons. The number of benzene rings is 2. The van der Waals surface area contributed by atoms with Gasteiger partial charge in [0.05, 0.1) is 12.8 Å². The van der Waals surface area contributed by atoms with Gasteiger partial charge in [-0.25, -0.2) is 13.8 Å². The van der Waals surface area contributed by atoms with E-state index in [-0.39, 0.29) is 18.0 Å². The Balaban J connectivity index is 1.98. The highest BCUT2D eigenvalue weighted by atomic mass is 79.9. The Hall–Kier alpha value is -3.66. The number of fused-ring (bicyclic) bond motifs is 1. The highest BCUT2D eigenvalue weighted by molar-refractivity contribution is 9.10. The smallest absolute Gasteiger partial charge is 0.255 e. The molecule has 2 aromatic heterocycles. The number of primary amides is 1. The van der Waals surface area contributed by atoms with Gasteiger partial charge in [-0.2, -0.15) is 0 Å². The molecule has 0 unspecified atom stereocenters. The standard InChI is InChI=1S/C23H19BrF2N4O3/c1-12-8-14(32-2)9-17(33-11-18(27)31)20(12)22-23(29-21-15(24)4-3-5-16(21)26)30-10-13(25)6-7-19(30)28-22/h3-10,29H,11H2,1-2H3,(H2,27,31). The summed E-state index contributed by atoms with van der Waals surface area (Å²) in [4.78, 5) is 16.0. The second-order valence-electron chi connectivity index (χ2n) is 7.18. The minimum absolute atomic E-state index is 0.149. The van der Waals surface area contributed by atoms with Crippen molar-refractivity contribution < 1.29 is 23.0 Å². The highest BCUT2D eigenvalue weighted by Gasteiger charge is 2.23. The highest BCUT2D eigenvalue weighted by Crippen LogP contribution is 2.42. The van der Waals surface area contributed by atoms with Gasteiger partial charge in [0.15, 0.2) is 6.61 Å². The van der Waals surface area contributed by atoms with Gasteiger partial charge in [0.25, 0.3) is 5.91 Å². The number of amides is 1. The van der Waals surface area contributed by atoms with Crippen molar-refractivity contribution in [3.8, 4) is 22.8 Å². The SMILES string of the molecule is COc1cc(C)c(-c2nc3ccc(F)cn3c2Nc2c(F)cccc2Br)c(OCC(N)=O)c1. The van der Waals surface area contributed by atoms with Gasteiger partial charge in [0.2, 0.25) is 0 Å². The topological polar surface area (TPSA) is 90.9 Å². The molecule has 33 heavy (non-hydrogen) atoms. The molecule has 0 bridgehead atoms. The van der Waals surface area contributed by atoms with Gasteiger partial charge in [0.1, 0.15) is 40.3 Å². The number of halogens is 3. The van der Waals surface area contributed by atoms with Crippen LogP contribution < -0.4 is 20.5 Å². The molecule has 3 N–H and O–H groups in total. The van der Waals surface area contributed by atoms with Gasteiger partial charge in [-0.3, -0.25) is 9.20 Å². The van der Waals surface area contributed by atoms with Crippen molar-refractivity contribution in [3.63, 3.8) is 0 Å². The van der Waals surface area contributed by atoms with Crippen LogP contribution in [0.2, 0.25) is 0 Å². The number of pyridine rings is 1. The predicted octanol–water partition coefficient (Wildman–Crippen LogP) is 4.97. The van der Waals surface area contributed by atoms with Crippen molar-refractivity contribution in [2.24, 2.45) is 5.73 Å². The van der Waals surface area contributed by atoms with E-state index in [2.05, 4.69) is 26.2 Å². The first-order valence-electron chi connectivity index (χ1n) is 9.77. The number of carbonyl (C=O) groups excluding carboxylic acids is 1. The molecule has 2 aromatic carbocycles. The number of para-hydroxylation sites is 1. The Morgan fingerprint density at radius 3 is 2.73 bits per heavy atom. The zero-order valence-electron chi connectivity index (χ0n) is 17.7. The third kappa shape index (κ3) is 4.47. The van der Waals surface area contributed by atoms with Crippen LogP contribution >= 0.6 is 15.9 Å². The van der Waals surface area contributed by atoms with Gasteiger partial charge in [-0.15, -0.1) is 0 Å². The third-order valence-electron chi connectivity index (χ3n) is 4.90. The average Bonchev–Trinajstić information content (AvgIpc) is 3.11. The van der Waals surface area contributed by atoms with Crippen LogP contribution in [-0.4, -0.2) is 29.0 Å².